The van der Waals surface area contributed by atoms with E-state index in [1.54, 1.807) is 31.2 Å². The van der Waals surface area contributed by atoms with E-state index in [2.05, 4.69) is 5.32 Å². The Hall–Kier alpha value is -3.21. The number of carbonyl (C=O) groups is 2. The van der Waals surface area contributed by atoms with Crippen molar-refractivity contribution < 1.29 is 31.5 Å². The number of rotatable bonds is 12. The maximum Gasteiger partial charge on any atom is 0.244 e. The maximum absolute atomic E-state index is 13.8. The van der Waals surface area contributed by atoms with Crippen LogP contribution in [-0.2, 0) is 26.2 Å². The molecule has 0 saturated carbocycles. The van der Waals surface area contributed by atoms with Crippen LogP contribution >= 0.6 is 0 Å². The number of halogens is 2. The minimum atomic E-state index is -4.05. The number of anilines is 1. The number of amides is 2. The van der Waals surface area contributed by atoms with Gasteiger partial charge in [0.25, 0.3) is 0 Å². The normalized spacial score (nSPS) is 12.1. The fourth-order valence-corrected chi connectivity index (χ4v) is 4.31. The Kier molecular flexibility index (Phi) is 10.00. The Bertz CT molecular complexity index is 1130. The average Bonchev–Trinajstić information content (AvgIpc) is 2.82. The van der Waals surface area contributed by atoms with Gasteiger partial charge in [-0.05, 0) is 42.7 Å². The van der Waals surface area contributed by atoms with Crippen molar-refractivity contribution in [2.24, 2.45) is 0 Å². The van der Waals surface area contributed by atoms with Crippen LogP contribution in [0.5, 0.6) is 5.75 Å². The summed E-state index contributed by atoms with van der Waals surface area (Å²) in [7, 11) is -2.52. The molecule has 2 aromatic rings. The highest BCUT2D eigenvalue weighted by Gasteiger charge is 2.31. The number of hydrogen-bond acceptors (Lipinski definition) is 5. The molecule has 192 valence electrons. The third-order valence-electron chi connectivity index (χ3n) is 5.32. The van der Waals surface area contributed by atoms with Gasteiger partial charge in [0.1, 0.15) is 18.3 Å². The Morgan fingerprint density at radius 3 is 2.23 bits per heavy atom. The van der Waals surface area contributed by atoms with E-state index in [9.17, 15) is 26.8 Å². The van der Waals surface area contributed by atoms with Crippen LogP contribution in [0.2, 0.25) is 0 Å². The molecule has 35 heavy (non-hydrogen) atoms. The number of ether oxygens (including phenoxy) is 1. The van der Waals surface area contributed by atoms with Gasteiger partial charge < -0.3 is 15.0 Å². The second-order valence-electron chi connectivity index (χ2n) is 7.95. The van der Waals surface area contributed by atoms with Crippen molar-refractivity contribution in [3.05, 3.63) is 59.7 Å². The van der Waals surface area contributed by atoms with Gasteiger partial charge in [0.2, 0.25) is 21.8 Å². The highest BCUT2D eigenvalue weighted by atomic mass is 32.2. The largest absolute Gasteiger partial charge is 0.497 e. The first-order valence-corrected chi connectivity index (χ1v) is 13.0. The zero-order valence-corrected chi connectivity index (χ0v) is 21.1. The lowest BCUT2D eigenvalue weighted by atomic mass is 10.1. The van der Waals surface area contributed by atoms with Gasteiger partial charge >= 0.3 is 0 Å². The van der Waals surface area contributed by atoms with E-state index in [1.165, 1.54) is 12.0 Å². The van der Waals surface area contributed by atoms with Crippen molar-refractivity contribution >= 4 is 27.5 Å². The number of methoxy groups -OCH3 is 1. The second-order valence-corrected chi connectivity index (χ2v) is 9.86. The standard InChI is InChI=1S/C24H31F2N3O5S/c1-5-13-27-24(31)22(6-2)28(15-17-7-10-19(34-3)11-8-17)23(30)16-29(35(4,32)33)18-9-12-20(25)21(26)14-18/h7-12,14,22H,5-6,13,15-16H2,1-4H3,(H,27,31)/t22-/m1/s1. The molecule has 0 spiro atoms. The third kappa shape index (κ3) is 7.64. The van der Waals surface area contributed by atoms with Crippen molar-refractivity contribution in [3.8, 4) is 5.75 Å². The minimum Gasteiger partial charge on any atom is -0.497 e. The zero-order valence-electron chi connectivity index (χ0n) is 20.3. The van der Waals surface area contributed by atoms with Crippen LogP contribution in [-0.4, -0.2) is 57.6 Å². The Morgan fingerprint density at radius 2 is 1.71 bits per heavy atom. The first kappa shape index (κ1) is 28.0. The fraction of sp³-hybridized carbons (Fsp3) is 0.417. The van der Waals surface area contributed by atoms with E-state index in [-0.39, 0.29) is 24.6 Å². The Morgan fingerprint density at radius 1 is 1.06 bits per heavy atom. The van der Waals surface area contributed by atoms with Crippen molar-refractivity contribution in [2.45, 2.75) is 39.3 Å². The van der Waals surface area contributed by atoms with Gasteiger partial charge in [-0.2, -0.15) is 0 Å². The summed E-state index contributed by atoms with van der Waals surface area (Å²) in [6.07, 6.45) is 1.84. The minimum absolute atomic E-state index is 0.0241. The molecule has 0 heterocycles. The zero-order chi connectivity index (χ0) is 26.2. The molecule has 1 N–H and O–H groups in total. The Balaban J connectivity index is 2.43. The number of nitrogens with one attached hydrogen (secondary N) is 1. The molecule has 2 amide bonds. The second kappa shape index (κ2) is 12.5. The first-order chi connectivity index (χ1) is 16.5. The van der Waals surface area contributed by atoms with Gasteiger partial charge in [-0.15, -0.1) is 0 Å². The predicted octanol–water partition coefficient (Wildman–Crippen LogP) is 3.07. The molecule has 0 aliphatic carbocycles. The van der Waals surface area contributed by atoms with Crippen molar-refractivity contribution in [3.63, 3.8) is 0 Å². The molecule has 0 saturated heterocycles. The summed E-state index contributed by atoms with van der Waals surface area (Å²) in [5.74, 6) is -2.82. The summed E-state index contributed by atoms with van der Waals surface area (Å²) >= 11 is 0. The SMILES string of the molecule is CCCNC(=O)[C@@H](CC)N(Cc1ccc(OC)cc1)C(=O)CN(c1ccc(F)c(F)c1)S(C)(=O)=O. The summed E-state index contributed by atoms with van der Waals surface area (Å²) < 4.78 is 58.0. The molecule has 0 fully saturated rings. The molecule has 8 nitrogen and oxygen atoms in total. The van der Waals surface area contributed by atoms with E-state index in [1.807, 2.05) is 6.92 Å². The van der Waals surface area contributed by atoms with Gasteiger partial charge in [-0.1, -0.05) is 26.0 Å². The van der Waals surface area contributed by atoms with Crippen LogP contribution in [0, 0.1) is 11.6 Å². The van der Waals surface area contributed by atoms with Gasteiger partial charge in [0.05, 0.1) is 19.1 Å². The van der Waals surface area contributed by atoms with E-state index in [0.29, 0.717) is 34.7 Å². The van der Waals surface area contributed by atoms with Crippen molar-refractivity contribution in [1.82, 2.24) is 10.2 Å². The fourth-order valence-electron chi connectivity index (χ4n) is 3.47. The summed E-state index contributed by atoms with van der Waals surface area (Å²) in [6.45, 7) is 3.39. The molecule has 0 unspecified atom stereocenters. The lowest BCUT2D eigenvalue weighted by Gasteiger charge is -2.33. The molecule has 0 bridgehead atoms. The van der Waals surface area contributed by atoms with Crippen LogP contribution in [0.15, 0.2) is 42.5 Å². The lowest BCUT2D eigenvalue weighted by Crippen LogP contribution is -2.52. The topological polar surface area (TPSA) is 96.0 Å². The molecule has 1 atom stereocenters. The number of benzene rings is 2. The van der Waals surface area contributed by atoms with Crippen LogP contribution in [0.25, 0.3) is 0 Å². The summed E-state index contributed by atoms with van der Waals surface area (Å²) in [4.78, 5) is 27.6. The number of hydrogen-bond donors (Lipinski definition) is 1. The predicted molar refractivity (Wildman–Crippen MR) is 129 cm³/mol. The lowest BCUT2D eigenvalue weighted by molar-refractivity contribution is -0.140. The van der Waals surface area contributed by atoms with E-state index >= 15 is 0 Å². The van der Waals surface area contributed by atoms with E-state index in [4.69, 9.17) is 4.74 Å². The molecule has 0 aromatic heterocycles. The quantitative estimate of drug-likeness (QED) is 0.473. The first-order valence-electron chi connectivity index (χ1n) is 11.1. The third-order valence-corrected chi connectivity index (χ3v) is 6.46. The molecule has 2 aromatic carbocycles. The monoisotopic (exact) mass is 511 g/mol. The average molecular weight is 512 g/mol. The molecular formula is C24H31F2N3O5S. The maximum atomic E-state index is 13.8. The van der Waals surface area contributed by atoms with Gasteiger partial charge in [0, 0.05) is 19.2 Å². The summed E-state index contributed by atoms with van der Waals surface area (Å²) in [5.41, 5.74) is 0.493. The van der Waals surface area contributed by atoms with Gasteiger partial charge in [-0.3, -0.25) is 13.9 Å². The molecular weight excluding hydrogens is 480 g/mol. The highest BCUT2D eigenvalue weighted by molar-refractivity contribution is 7.92. The highest BCUT2D eigenvalue weighted by Crippen LogP contribution is 2.22. The smallest absolute Gasteiger partial charge is 0.244 e. The molecule has 0 radical (unpaired) electrons. The van der Waals surface area contributed by atoms with E-state index in [0.717, 1.165) is 18.4 Å². The van der Waals surface area contributed by atoms with Crippen LogP contribution in [0.4, 0.5) is 14.5 Å². The van der Waals surface area contributed by atoms with Crippen molar-refractivity contribution in [1.29, 1.82) is 0 Å². The van der Waals surface area contributed by atoms with Crippen LogP contribution in [0.3, 0.4) is 0 Å². The summed E-state index contributed by atoms with van der Waals surface area (Å²) in [5, 5.41) is 2.78. The number of nitrogens with zero attached hydrogens (tertiary/aromatic N) is 2. The van der Waals surface area contributed by atoms with Crippen LogP contribution < -0.4 is 14.4 Å². The number of carbonyl (C=O) groups excluding carboxylic acids is 2. The van der Waals surface area contributed by atoms with E-state index < -0.39 is 40.2 Å². The number of sulfonamides is 1. The van der Waals surface area contributed by atoms with Gasteiger partial charge in [-0.25, -0.2) is 17.2 Å². The Labute approximate surface area is 204 Å². The summed E-state index contributed by atoms with van der Waals surface area (Å²) in [6, 6.07) is 8.59. The molecule has 0 aliphatic heterocycles. The van der Waals surface area contributed by atoms with Crippen LogP contribution in [0.1, 0.15) is 32.3 Å². The molecule has 0 aliphatic rings. The molecule has 2 rings (SSSR count). The molecule has 11 heteroatoms. The van der Waals surface area contributed by atoms with Gasteiger partial charge in [0.15, 0.2) is 11.6 Å². The van der Waals surface area contributed by atoms with Crippen molar-refractivity contribution in [2.75, 3.05) is 30.8 Å².